The van der Waals surface area contributed by atoms with Gasteiger partial charge in [0.1, 0.15) is 6.61 Å². The zero-order valence-corrected chi connectivity index (χ0v) is 8.43. The van der Waals surface area contributed by atoms with Gasteiger partial charge in [-0.25, -0.2) is 0 Å². The molecule has 0 unspecified atom stereocenters. The fourth-order valence-electron chi connectivity index (χ4n) is 0.940. The number of hydrogen-bond donors (Lipinski definition) is 0. The van der Waals surface area contributed by atoms with Crippen LogP contribution in [-0.4, -0.2) is 12.3 Å². The molecule has 0 saturated heterocycles. The molecule has 14 heavy (non-hydrogen) atoms. The van der Waals surface area contributed by atoms with Gasteiger partial charge in [0.2, 0.25) is 0 Å². The second kappa shape index (κ2) is 5.21. The molecule has 4 heteroatoms. The highest BCUT2D eigenvalue weighted by Gasteiger charge is 1.99. The van der Waals surface area contributed by atoms with Crippen LogP contribution in [-0.2, 0) is 4.84 Å². The Morgan fingerprint density at radius 1 is 1.50 bits per heavy atom. The zero-order chi connectivity index (χ0) is 10.4. The Kier molecular flexibility index (Phi) is 3.91. The van der Waals surface area contributed by atoms with Gasteiger partial charge >= 0.3 is 0 Å². The molecule has 0 aromatic carbocycles. The molecule has 0 radical (unpaired) electrons. The fourth-order valence-corrected chi connectivity index (χ4v) is 0.940. The number of aromatic nitrogens is 1. The van der Waals surface area contributed by atoms with Crippen molar-refractivity contribution in [2.45, 2.75) is 20.3 Å². The maximum absolute atomic E-state index is 10.8. The minimum absolute atomic E-state index is 0.617. The van der Waals surface area contributed by atoms with Crippen LogP contribution >= 0.6 is 0 Å². The molecule has 0 fully saturated rings. The van der Waals surface area contributed by atoms with E-state index < -0.39 is 0 Å². The molecule has 0 spiro atoms. The van der Waals surface area contributed by atoms with E-state index in [0.717, 1.165) is 22.4 Å². The van der Waals surface area contributed by atoms with Gasteiger partial charge in [-0.15, -0.1) is 0 Å². The molecule has 76 valence electrons. The Morgan fingerprint density at radius 2 is 2.14 bits per heavy atom. The monoisotopic (exact) mass is 194 g/mol. The normalized spacial score (nSPS) is 11.4. The highest BCUT2D eigenvalue weighted by atomic mass is 16.6. The van der Waals surface area contributed by atoms with Crippen LogP contribution in [0.5, 0.6) is 0 Å². The lowest BCUT2D eigenvalue weighted by molar-refractivity contribution is -0.605. The van der Waals surface area contributed by atoms with Crippen LogP contribution in [0.15, 0.2) is 29.7 Å². The van der Waals surface area contributed by atoms with Crippen molar-refractivity contribution in [1.82, 2.24) is 0 Å². The molecule has 0 N–H and O–H groups in total. The van der Waals surface area contributed by atoms with E-state index in [-0.39, 0.29) is 0 Å². The summed E-state index contributed by atoms with van der Waals surface area (Å²) < 4.78 is 0.740. The molecule has 0 atom stereocenters. The summed E-state index contributed by atoms with van der Waals surface area (Å²) in [6, 6.07) is 3.42. The highest BCUT2D eigenvalue weighted by molar-refractivity contribution is 5.98. The van der Waals surface area contributed by atoms with E-state index in [9.17, 15) is 5.21 Å². The fraction of sp³-hybridized carbons (Fsp3) is 0.400. The highest BCUT2D eigenvalue weighted by Crippen LogP contribution is 1.98. The van der Waals surface area contributed by atoms with Crippen molar-refractivity contribution in [2.75, 3.05) is 6.61 Å². The summed E-state index contributed by atoms with van der Waals surface area (Å²) >= 11 is 0. The van der Waals surface area contributed by atoms with Crippen LogP contribution in [0.25, 0.3) is 0 Å². The van der Waals surface area contributed by atoms with E-state index in [0.29, 0.717) is 6.61 Å². The topological polar surface area (TPSA) is 48.5 Å². The van der Waals surface area contributed by atoms with Crippen molar-refractivity contribution >= 4 is 5.71 Å². The summed E-state index contributed by atoms with van der Waals surface area (Å²) in [5, 5.41) is 14.7. The van der Waals surface area contributed by atoms with E-state index >= 15 is 0 Å². The summed E-state index contributed by atoms with van der Waals surface area (Å²) in [5.41, 5.74) is 1.67. The Bertz CT molecular complexity index is 306. The van der Waals surface area contributed by atoms with Crippen LogP contribution in [0.4, 0.5) is 0 Å². The van der Waals surface area contributed by atoms with Crippen LogP contribution in [0.1, 0.15) is 25.8 Å². The van der Waals surface area contributed by atoms with Gasteiger partial charge in [-0.3, -0.25) is 0 Å². The first-order chi connectivity index (χ1) is 6.74. The second-order valence-electron chi connectivity index (χ2n) is 2.96. The molecule has 1 aromatic heterocycles. The quantitative estimate of drug-likeness (QED) is 0.239. The molecule has 0 aliphatic carbocycles. The van der Waals surface area contributed by atoms with E-state index in [2.05, 4.69) is 5.16 Å². The smallest absolute Gasteiger partial charge is 0.181 e. The molecular formula is C10H14N2O2. The lowest BCUT2D eigenvalue weighted by Gasteiger charge is -2.00. The first-order valence-corrected chi connectivity index (χ1v) is 4.59. The lowest BCUT2D eigenvalue weighted by Crippen LogP contribution is -2.24. The van der Waals surface area contributed by atoms with Crippen molar-refractivity contribution in [1.29, 1.82) is 0 Å². The first kappa shape index (κ1) is 10.5. The van der Waals surface area contributed by atoms with Gasteiger partial charge < -0.3 is 10.0 Å². The Labute approximate surface area is 83.4 Å². The molecule has 0 bridgehead atoms. The van der Waals surface area contributed by atoms with E-state index in [1.165, 1.54) is 12.4 Å². The largest absolute Gasteiger partial charge is 0.619 e. The van der Waals surface area contributed by atoms with Gasteiger partial charge in [0.05, 0.1) is 5.71 Å². The summed E-state index contributed by atoms with van der Waals surface area (Å²) in [5.74, 6) is 0. The van der Waals surface area contributed by atoms with Crippen LogP contribution in [0, 0.1) is 5.21 Å². The molecule has 0 amide bonds. The standard InChI is InChI=1S/C10H14N2O2/c1-3-8-14-11-9(2)10-4-6-12(13)7-5-10/h4-7H,3,8H2,1-2H3/b11-9-. The molecule has 1 aromatic rings. The van der Waals surface area contributed by atoms with Crippen LogP contribution in [0.2, 0.25) is 0 Å². The summed E-state index contributed by atoms with van der Waals surface area (Å²) in [4.78, 5) is 5.03. The maximum Gasteiger partial charge on any atom is 0.181 e. The molecule has 4 nitrogen and oxygen atoms in total. The minimum Gasteiger partial charge on any atom is -0.619 e. The molecule has 0 aliphatic rings. The second-order valence-corrected chi connectivity index (χ2v) is 2.96. The Morgan fingerprint density at radius 3 is 2.71 bits per heavy atom. The van der Waals surface area contributed by atoms with Crippen molar-refractivity contribution in [2.24, 2.45) is 5.16 Å². The number of rotatable bonds is 4. The van der Waals surface area contributed by atoms with Crippen molar-refractivity contribution in [3.8, 4) is 0 Å². The maximum atomic E-state index is 10.8. The van der Waals surface area contributed by atoms with E-state index in [1.807, 2.05) is 13.8 Å². The molecule has 0 saturated carbocycles. The SMILES string of the molecule is CCCO/N=C(/C)c1cc[n+]([O-])cc1. The average Bonchev–Trinajstić information content (AvgIpc) is 2.19. The Hall–Kier alpha value is -1.58. The van der Waals surface area contributed by atoms with Gasteiger partial charge in [-0.05, 0) is 13.3 Å². The van der Waals surface area contributed by atoms with Gasteiger partial charge in [0.25, 0.3) is 0 Å². The molecular weight excluding hydrogens is 180 g/mol. The number of pyridine rings is 1. The van der Waals surface area contributed by atoms with Crippen molar-refractivity contribution in [3.63, 3.8) is 0 Å². The van der Waals surface area contributed by atoms with Crippen LogP contribution < -0.4 is 4.73 Å². The molecule has 1 heterocycles. The van der Waals surface area contributed by atoms with Crippen molar-refractivity contribution < 1.29 is 9.57 Å². The van der Waals surface area contributed by atoms with Gasteiger partial charge in [0.15, 0.2) is 12.4 Å². The first-order valence-electron chi connectivity index (χ1n) is 4.59. The summed E-state index contributed by atoms with van der Waals surface area (Å²) in [7, 11) is 0. The third-order valence-electron chi connectivity index (χ3n) is 1.72. The van der Waals surface area contributed by atoms with Crippen LogP contribution in [0.3, 0.4) is 0 Å². The molecule has 1 rings (SSSR count). The average molecular weight is 194 g/mol. The third-order valence-corrected chi connectivity index (χ3v) is 1.72. The Balaban J connectivity index is 2.64. The number of oxime groups is 1. The van der Waals surface area contributed by atoms with E-state index in [4.69, 9.17) is 4.84 Å². The van der Waals surface area contributed by atoms with Gasteiger partial charge in [-0.1, -0.05) is 12.1 Å². The molecule has 0 aliphatic heterocycles. The number of nitrogens with zero attached hydrogens (tertiary/aromatic N) is 2. The summed E-state index contributed by atoms with van der Waals surface area (Å²) in [6.07, 6.45) is 3.81. The zero-order valence-electron chi connectivity index (χ0n) is 8.43. The minimum atomic E-state index is 0.617. The van der Waals surface area contributed by atoms with E-state index in [1.54, 1.807) is 12.1 Å². The third kappa shape index (κ3) is 3.05. The van der Waals surface area contributed by atoms with Crippen molar-refractivity contribution in [3.05, 3.63) is 35.3 Å². The van der Waals surface area contributed by atoms with Gasteiger partial charge in [0, 0.05) is 17.7 Å². The lowest BCUT2D eigenvalue weighted by atomic mass is 10.2. The predicted octanol–water partition coefficient (Wildman–Crippen LogP) is 1.47. The number of hydrogen-bond acceptors (Lipinski definition) is 3. The summed E-state index contributed by atoms with van der Waals surface area (Å²) in [6.45, 7) is 4.49. The van der Waals surface area contributed by atoms with Gasteiger partial charge in [-0.2, -0.15) is 4.73 Å². The predicted molar refractivity (Wildman–Crippen MR) is 53.9 cm³/mol.